The van der Waals surface area contributed by atoms with Gasteiger partial charge < -0.3 is 20.3 Å². The number of anilines is 3. The van der Waals surface area contributed by atoms with Crippen LogP contribution in [0.4, 0.5) is 23.0 Å². The standard InChI is InChI=1S/C27H34N8O/c1-27(18-28)10-13-33(14-11-27)22-17-30-24-25(31-22)35(23-7-3-4-15-36-23)32-26(24)34-12-5-6-19-16-20(29-2)8-9-21(19)34/h8-9,16-17,23H,3-7,10-15,18,28H2,1H3. The molecule has 0 spiro atoms. The van der Waals surface area contributed by atoms with E-state index in [1.54, 1.807) is 0 Å². The molecule has 3 aromatic rings. The smallest absolute Gasteiger partial charge is 0.187 e. The van der Waals surface area contributed by atoms with Gasteiger partial charge in [0.2, 0.25) is 0 Å². The van der Waals surface area contributed by atoms with E-state index >= 15 is 0 Å². The second-order valence-electron chi connectivity index (χ2n) is 10.7. The monoisotopic (exact) mass is 486 g/mol. The first-order valence-electron chi connectivity index (χ1n) is 13.2. The van der Waals surface area contributed by atoms with Gasteiger partial charge in [0.15, 0.2) is 28.9 Å². The van der Waals surface area contributed by atoms with Crippen molar-refractivity contribution in [2.24, 2.45) is 11.1 Å². The van der Waals surface area contributed by atoms with E-state index in [1.807, 2.05) is 29.1 Å². The lowest BCUT2D eigenvalue weighted by Gasteiger charge is -2.39. The molecule has 0 aliphatic carbocycles. The summed E-state index contributed by atoms with van der Waals surface area (Å²) in [6.45, 7) is 13.8. The third-order valence-electron chi connectivity index (χ3n) is 8.15. The molecular weight excluding hydrogens is 452 g/mol. The lowest BCUT2D eigenvalue weighted by molar-refractivity contribution is -0.0368. The summed E-state index contributed by atoms with van der Waals surface area (Å²) in [4.78, 5) is 18.3. The molecule has 1 atom stereocenters. The zero-order valence-corrected chi connectivity index (χ0v) is 21.0. The number of nitrogens with zero attached hydrogens (tertiary/aromatic N) is 7. The number of hydrogen-bond acceptors (Lipinski definition) is 7. The third-order valence-corrected chi connectivity index (χ3v) is 8.15. The first-order chi connectivity index (χ1) is 17.6. The van der Waals surface area contributed by atoms with Crippen LogP contribution in [0, 0.1) is 12.0 Å². The summed E-state index contributed by atoms with van der Waals surface area (Å²) < 4.78 is 8.12. The maximum Gasteiger partial charge on any atom is 0.187 e. The first-order valence-corrected chi connectivity index (χ1v) is 13.2. The average molecular weight is 487 g/mol. The van der Waals surface area contributed by atoms with Crippen molar-refractivity contribution in [3.05, 3.63) is 41.4 Å². The number of piperidine rings is 1. The molecule has 3 aliphatic rings. The third kappa shape index (κ3) is 4.08. The van der Waals surface area contributed by atoms with Crippen molar-refractivity contribution in [3.63, 3.8) is 0 Å². The van der Waals surface area contributed by atoms with E-state index in [0.29, 0.717) is 5.69 Å². The van der Waals surface area contributed by atoms with Crippen LogP contribution < -0.4 is 15.5 Å². The van der Waals surface area contributed by atoms with Crippen LogP contribution in [0.25, 0.3) is 16.0 Å². The van der Waals surface area contributed by atoms with Gasteiger partial charge in [0.05, 0.1) is 12.8 Å². The Morgan fingerprint density at radius 2 is 2.06 bits per heavy atom. The van der Waals surface area contributed by atoms with Crippen molar-refractivity contribution >= 4 is 34.2 Å². The molecule has 1 unspecified atom stereocenters. The van der Waals surface area contributed by atoms with Crippen LogP contribution in [-0.2, 0) is 11.2 Å². The normalized spacial score (nSPS) is 21.9. The summed E-state index contributed by atoms with van der Waals surface area (Å²) in [6.07, 6.45) is 8.96. The van der Waals surface area contributed by atoms with E-state index in [9.17, 15) is 0 Å². The minimum Gasteiger partial charge on any atom is -0.356 e. The van der Waals surface area contributed by atoms with Crippen molar-refractivity contribution in [2.75, 3.05) is 42.6 Å². The van der Waals surface area contributed by atoms with Gasteiger partial charge in [0.1, 0.15) is 5.82 Å². The molecule has 0 bridgehead atoms. The molecule has 5 heterocycles. The maximum atomic E-state index is 7.39. The molecule has 2 N–H and O–H groups in total. The molecule has 9 heteroatoms. The molecule has 1 aromatic carbocycles. The van der Waals surface area contributed by atoms with Gasteiger partial charge in [-0.05, 0) is 68.5 Å². The molecule has 0 amide bonds. The Labute approximate surface area is 212 Å². The van der Waals surface area contributed by atoms with Crippen LogP contribution in [-0.4, -0.2) is 52.5 Å². The Morgan fingerprint density at radius 3 is 2.81 bits per heavy atom. The lowest BCUT2D eigenvalue weighted by Crippen LogP contribution is -2.42. The fourth-order valence-corrected chi connectivity index (χ4v) is 5.69. The van der Waals surface area contributed by atoms with Crippen LogP contribution in [0.15, 0.2) is 24.4 Å². The van der Waals surface area contributed by atoms with Crippen molar-refractivity contribution in [1.29, 1.82) is 0 Å². The van der Waals surface area contributed by atoms with Gasteiger partial charge in [-0.1, -0.05) is 19.1 Å². The summed E-state index contributed by atoms with van der Waals surface area (Å²) in [6, 6.07) is 5.95. The predicted octanol–water partition coefficient (Wildman–Crippen LogP) is 4.73. The van der Waals surface area contributed by atoms with Crippen molar-refractivity contribution in [1.82, 2.24) is 19.7 Å². The van der Waals surface area contributed by atoms with Gasteiger partial charge in [-0.3, -0.25) is 0 Å². The van der Waals surface area contributed by atoms with Crippen molar-refractivity contribution in [2.45, 2.75) is 58.1 Å². The van der Waals surface area contributed by atoms with Crippen LogP contribution in [0.3, 0.4) is 0 Å². The number of nitrogens with two attached hydrogens (primary N) is 1. The summed E-state index contributed by atoms with van der Waals surface area (Å²) in [5.41, 5.74) is 10.8. The van der Waals surface area contributed by atoms with Gasteiger partial charge >= 0.3 is 0 Å². The van der Waals surface area contributed by atoms with Crippen LogP contribution in [0.1, 0.15) is 57.2 Å². The number of hydrogen-bond donors (Lipinski definition) is 1. The van der Waals surface area contributed by atoms with E-state index in [-0.39, 0.29) is 11.6 Å². The van der Waals surface area contributed by atoms with Crippen LogP contribution >= 0.6 is 0 Å². The molecular formula is C27H34N8O. The van der Waals surface area contributed by atoms with Gasteiger partial charge in [-0.2, -0.15) is 0 Å². The summed E-state index contributed by atoms with van der Waals surface area (Å²) in [5.74, 6) is 1.72. The van der Waals surface area contributed by atoms with E-state index < -0.39 is 0 Å². The van der Waals surface area contributed by atoms with E-state index in [1.165, 1.54) is 5.56 Å². The van der Waals surface area contributed by atoms with E-state index in [4.69, 9.17) is 32.1 Å². The summed E-state index contributed by atoms with van der Waals surface area (Å²) >= 11 is 0. The number of ether oxygens (including phenoxy) is 1. The SMILES string of the molecule is [C-]#[N+]c1ccc2c(c1)CCCN2c1nn(C2CCCCO2)c2nc(N3CCC(C)(CN)CC3)cnc12. The molecule has 0 saturated carbocycles. The molecule has 0 radical (unpaired) electrons. The maximum absolute atomic E-state index is 7.39. The number of benzene rings is 1. The van der Waals surface area contributed by atoms with E-state index in [2.05, 4.69) is 21.6 Å². The topological polar surface area (TPSA) is 89.7 Å². The fourth-order valence-electron chi connectivity index (χ4n) is 5.69. The highest BCUT2D eigenvalue weighted by Gasteiger charge is 2.32. The highest BCUT2D eigenvalue weighted by atomic mass is 16.5. The average Bonchev–Trinajstić information content (AvgIpc) is 3.32. The Hall–Kier alpha value is -3.22. The lowest BCUT2D eigenvalue weighted by atomic mass is 9.80. The Bertz CT molecular complexity index is 1300. The minimum atomic E-state index is -0.129. The van der Waals surface area contributed by atoms with Crippen molar-refractivity contribution < 1.29 is 4.74 Å². The highest BCUT2D eigenvalue weighted by molar-refractivity contribution is 5.88. The Morgan fingerprint density at radius 1 is 1.19 bits per heavy atom. The zero-order chi connectivity index (χ0) is 24.7. The minimum absolute atomic E-state index is 0.129. The number of aryl methyl sites for hydroxylation is 1. The number of aromatic nitrogens is 4. The van der Waals surface area contributed by atoms with Gasteiger partial charge in [0.25, 0.3) is 0 Å². The number of fused-ring (bicyclic) bond motifs is 2. The van der Waals surface area contributed by atoms with E-state index in [0.717, 1.165) is 106 Å². The van der Waals surface area contributed by atoms with Gasteiger partial charge in [-0.25, -0.2) is 19.5 Å². The molecule has 188 valence electrons. The van der Waals surface area contributed by atoms with Crippen molar-refractivity contribution in [3.8, 4) is 0 Å². The van der Waals surface area contributed by atoms with Crippen LogP contribution in [0.2, 0.25) is 0 Å². The molecule has 3 aliphatic heterocycles. The van der Waals surface area contributed by atoms with Gasteiger partial charge in [-0.15, -0.1) is 5.10 Å². The molecule has 36 heavy (non-hydrogen) atoms. The fraction of sp³-hybridized carbons (Fsp3) is 0.556. The molecule has 9 nitrogen and oxygen atoms in total. The quantitative estimate of drug-likeness (QED) is 0.534. The molecule has 2 fully saturated rings. The summed E-state index contributed by atoms with van der Waals surface area (Å²) in [7, 11) is 0. The molecule has 2 aromatic heterocycles. The van der Waals surface area contributed by atoms with Crippen LogP contribution in [0.5, 0.6) is 0 Å². The molecule has 2 saturated heterocycles. The highest BCUT2D eigenvalue weighted by Crippen LogP contribution is 2.39. The largest absolute Gasteiger partial charge is 0.356 e. The van der Waals surface area contributed by atoms with Gasteiger partial charge in [0, 0.05) is 31.9 Å². The predicted molar refractivity (Wildman–Crippen MR) is 141 cm³/mol. The number of rotatable bonds is 4. The second-order valence-corrected chi connectivity index (χ2v) is 10.7. The summed E-state index contributed by atoms with van der Waals surface area (Å²) in [5, 5.41) is 5.10. The Kier molecular flexibility index (Phi) is 6.02. The molecule has 6 rings (SSSR count). The first kappa shape index (κ1) is 23.2. The second kappa shape index (κ2) is 9.34. The zero-order valence-electron chi connectivity index (χ0n) is 21.0. The Balaban J connectivity index is 1.41.